The molecule has 1 aromatic carbocycles. The number of amides is 1. The lowest BCUT2D eigenvalue weighted by atomic mass is 10.2. The number of carbonyl (C=O) groups is 1. The maximum Gasteiger partial charge on any atom is 0.253 e. The van der Waals surface area contributed by atoms with Crippen molar-refractivity contribution in [1.29, 1.82) is 0 Å². The zero-order chi connectivity index (χ0) is 20.0. The van der Waals surface area contributed by atoms with Crippen molar-refractivity contribution >= 4 is 15.9 Å². The van der Waals surface area contributed by atoms with Gasteiger partial charge in [0.25, 0.3) is 5.91 Å². The van der Waals surface area contributed by atoms with Crippen molar-refractivity contribution in [2.75, 3.05) is 58.9 Å². The van der Waals surface area contributed by atoms with Gasteiger partial charge in [0.15, 0.2) is 0 Å². The number of likely N-dealkylation sites (tertiary alicyclic amines) is 1. The Kier molecular flexibility index (Phi) is 7.08. The summed E-state index contributed by atoms with van der Waals surface area (Å²) in [5.41, 5.74) is 0.501. The molecule has 2 saturated heterocycles. The molecule has 2 fully saturated rings. The van der Waals surface area contributed by atoms with Gasteiger partial charge >= 0.3 is 0 Å². The third-order valence-electron chi connectivity index (χ3n) is 5.37. The fourth-order valence-electron chi connectivity index (χ4n) is 3.64. The highest BCUT2D eigenvalue weighted by molar-refractivity contribution is 7.89. The van der Waals surface area contributed by atoms with Crippen LogP contribution in [0, 0.1) is 12.3 Å². The zero-order valence-electron chi connectivity index (χ0n) is 16.1. The van der Waals surface area contributed by atoms with Crippen LogP contribution in [-0.2, 0) is 10.0 Å². The topological polar surface area (TPSA) is 73.0 Å². The highest BCUT2D eigenvalue weighted by Crippen LogP contribution is 2.14. The van der Waals surface area contributed by atoms with E-state index in [1.165, 1.54) is 38.1 Å². The van der Waals surface area contributed by atoms with Crippen molar-refractivity contribution < 1.29 is 13.2 Å². The summed E-state index contributed by atoms with van der Waals surface area (Å²) >= 11 is 0. The Morgan fingerprint density at radius 1 is 0.964 bits per heavy atom. The SMILES string of the molecule is C#CCNS(=O)(=O)c1ccc(C(=O)N2CCN(CCN3CCCC3)CC2)cc1. The third-order valence-corrected chi connectivity index (χ3v) is 6.78. The molecule has 0 bridgehead atoms. The van der Waals surface area contributed by atoms with E-state index in [9.17, 15) is 13.2 Å². The van der Waals surface area contributed by atoms with Gasteiger partial charge in [0.05, 0.1) is 11.4 Å². The van der Waals surface area contributed by atoms with Crippen LogP contribution in [0.3, 0.4) is 0 Å². The second-order valence-electron chi connectivity index (χ2n) is 7.24. The minimum atomic E-state index is -3.64. The standard InChI is InChI=1S/C20H28N4O3S/c1-2-9-21-28(26,27)19-7-5-18(6-8-19)20(25)24-16-14-23(15-17-24)13-12-22-10-3-4-11-22/h1,5-8,21H,3-4,9-17H2. The van der Waals surface area contributed by atoms with Crippen LogP contribution in [0.25, 0.3) is 0 Å². The highest BCUT2D eigenvalue weighted by Gasteiger charge is 2.23. The van der Waals surface area contributed by atoms with E-state index in [1.54, 1.807) is 12.1 Å². The number of nitrogens with one attached hydrogen (secondary N) is 1. The minimum Gasteiger partial charge on any atom is -0.336 e. The molecular weight excluding hydrogens is 376 g/mol. The van der Waals surface area contributed by atoms with Crippen LogP contribution in [0.1, 0.15) is 23.2 Å². The monoisotopic (exact) mass is 404 g/mol. The minimum absolute atomic E-state index is 0.0558. The first-order valence-corrected chi connectivity index (χ1v) is 11.2. The normalized spacial score (nSPS) is 18.9. The quantitative estimate of drug-likeness (QED) is 0.668. The Hall–Kier alpha value is -1.92. The number of piperazine rings is 1. The van der Waals surface area contributed by atoms with Crippen molar-refractivity contribution in [3.05, 3.63) is 29.8 Å². The van der Waals surface area contributed by atoms with E-state index in [-0.39, 0.29) is 17.3 Å². The fraction of sp³-hybridized carbons (Fsp3) is 0.550. The van der Waals surface area contributed by atoms with Crippen LogP contribution in [0.5, 0.6) is 0 Å². The molecule has 0 saturated carbocycles. The van der Waals surface area contributed by atoms with Crippen LogP contribution >= 0.6 is 0 Å². The van der Waals surface area contributed by atoms with Gasteiger partial charge in [-0.05, 0) is 50.2 Å². The van der Waals surface area contributed by atoms with E-state index >= 15 is 0 Å². The number of benzene rings is 1. The van der Waals surface area contributed by atoms with E-state index in [4.69, 9.17) is 6.42 Å². The maximum atomic E-state index is 12.7. The molecule has 0 spiro atoms. The van der Waals surface area contributed by atoms with Gasteiger partial charge in [-0.1, -0.05) is 5.92 Å². The molecule has 28 heavy (non-hydrogen) atoms. The molecule has 1 aromatic rings. The smallest absolute Gasteiger partial charge is 0.253 e. The van der Waals surface area contributed by atoms with Gasteiger partial charge in [0.2, 0.25) is 10.0 Å². The Balaban J connectivity index is 1.50. The van der Waals surface area contributed by atoms with Crippen molar-refractivity contribution in [3.63, 3.8) is 0 Å². The fourth-order valence-corrected chi connectivity index (χ4v) is 4.58. The molecule has 1 amide bonds. The summed E-state index contributed by atoms with van der Waals surface area (Å²) in [7, 11) is -3.64. The van der Waals surface area contributed by atoms with Crippen molar-refractivity contribution in [2.45, 2.75) is 17.7 Å². The number of sulfonamides is 1. The lowest BCUT2D eigenvalue weighted by Crippen LogP contribution is -2.50. The molecule has 152 valence electrons. The summed E-state index contributed by atoms with van der Waals surface area (Å²) in [5.74, 6) is 2.18. The van der Waals surface area contributed by atoms with Gasteiger partial charge in [-0.3, -0.25) is 9.69 Å². The number of rotatable bonds is 7. The summed E-state index contributed by atoms with van der Waals surface area (Å²) in [5, 5.41) is 0. The Morgan fingerprint density at radius 3 is 2.11 bits per heavy atom. The Morgan fingerprint density at radius 2 is 1.54 bits per heavy atom. The number of nitrogens with zero attached hydrogens (tertiary/aromatic N) is 3. The van der Waals surface area contributed by atoms with Crippen LogP contribution in [-0.4, -0.2) is 87.9 Å². The molecule has 0 radical (unpaired) electrons. The van der Waals surface area contributed by atoms with Crippen molar-refractivity contribution in [2.24, 2.45) is 0 Å². The lowest BCUT2D eigenvalue weighted by molar-refractivity contribution is 0.0626. The average molecular weight is 405 g/mol. The van der Waals surface area contributed by atoms with Crippen LogP contribution in [0.15, 0.2) is 29.2 Å². The second kappa shape index (κ2) is 9.52. The number of hydrogen-bond acceptors (Lipinski definition) is 5. The number of carbonyl (C=O) groups excluding carboxylic acids is 1. The molecule has 0 unspecified atom stereocenters. The largest absolute Gasteiger partial charge is 0.336 e. The molecule has 2 aliphatic heterocycles. The van der Waals surface area contributed by atoms with Gasteiger partial charge in [-0.25, -0.2) is 8.42 Å². The summed E-state index contributed by atoms with van der Waals surface area (Å²) in [6.45, 7) is 7.67. The van der Waals surface area contributed by atoms with Gasteiger partial charge in [0, 0.05) is 44.8 Å². The Bertz CT molecular complexity index is 803. The molecular formula is C20H28N4O3S. The maximum absolute atomic E-state index is 12.7. The molecule has 7 nitrogen and oxygen atoms in total. The molecule has 0 aliphatic carbocycles. The summed E-state index contributed by atoms with van der Waals surface area (Å²) < 4.78 is 26.4. The van der Waals surface area contributed by atoms with Crippen molar-refractivity contribution in [3.8, 4) is 12.3 Å². The molecule has 2 aliphatic rings. The summed E-state index contributed by atoms with van der Waals surface area (Å²) in [4.78, 5) is 19.6. The third kappa shape index (κ3) is 5.32. The predicted molar refractivity (Wildman–Crippen MR) is 108 cm³/mol. The molecule has 0 aromatic heterocycles. The van der Waals surface area contributed by atoms with E-state index in [0.717, 1.165) is 26.2 Å². The van der Waals surface area contributed by atoms with Gasteiger partial charge in [0.1, 0.15) is 0 Å². The summed E-state index contributed by atoms with van der Waals surface area (Å²) in [6, 6.07) is 6.01. The zero-order valence-corrected chi connectivity index (χ0v) is 17.0. The van der Waals surface area contributed by atoms with Crippen LogP contribution in [0.4, 0.5) is 0 Å². The molecule has 1 N–H and O–H groups in total. The predicted octanol–water partition coefficient (Wildman–Crippen LogP) is 0.452. The number of terminal acetylenes is 1. The van der Waals surface area contributed by atoms with Gasteiger partial charge in [-0.15, -0.1) is 6.42 Å². The van der Waals surface area contributed by atoms with E-state index in [1.807, 2.05) is 4.90 Å². The first kappa shape index (κ1) is 20.8. The lowest BCUT2D eigenvalue weighted by Gasteiger charge is -2.35. The molecule has 8 heteroatoms. The first-order valence-electron chi connectivity index (χ1n) is 9.77. The van der Waals surface area contributed by atoms with Gasteiger partial charge < -0.3 is 9.80 Å². The second-order valence-corrected chi connectivity index (χ2v) is 9.00. The van der Waals surface area contributed by atoms with Gasteiger partial charge in [-0.2, -0.15) is 4.72 Å². The molecule has 2 heterocycles. The average Bonchev–Trinajstić information content (AvgIpc) is 3.24. The molecule has 3 rings (SSSR count). The first-order chi connectivity index (χ1) is 13.5. The van der Waals surface area contributed by atoms with E-state index in [0.29, 0.717) is 18.7 Å². The van der Waals surface area contributed by atoms with E-state index < -0.39 is 10.0 Å². The Labute approximate surface area is 167 Å². The van der Waals surface area contributed by atoms with Crippen molar-refractivity contribution in [1.82, 2.24) is 19.4 Å². The molecule has 0 atom stereocenters. The van der Waals surface area contributed by atoms with Crippen LogP contribution < -0.4 is 4.72 Å². The number of hydrogen-bond donors (Lipinski definition) is 1. The van der Waals surface area contributed by atoms with Crippen LogP contribution in [0.2, 0.25) is 0 Å². The summed E-state index contributed by atoms with van der Waals surface area (Å²) in [6.07, 6.45) is 7.70. The van der Waals surface area contributed by atoms with E-state index in [2.05, 4.69) is 20.4 Å². The highest BCUT2D eigenvalue weighted by atomic mass is 32.2.